The van der Waals surface area contributed by atoms with Crippen LogP contribution in [0.5, 0.6) is 0 Å². The molecule has 96 valence electrons. The molecule has 0 fully saturated rings. The summed E-state index contributed by atoms with van der Waals surface area (Å²) >= 11 is 0. The van der Waals surface area contributed by atoms with E-state index in [1.165, 1.54) is 6.07 Å². The standard InChI is InChI=1S/C13H16FN3O/c1-3-17(9-13-15-10(2)16-18-13)8-11-5-4-6-12(14)7-11/h4-7H,3,8-9H2,1-2H3. The van der Waals surface area contributed by atoms with Gasteiger partial charge in [0.2, 0.25) is 5.89 Å². The highest BCUT2D eigenvalue weighted by molar-refractivity contribution is 5.16. The van der Waals surface area contributed by atoms with E-state index >= 15 is 0 Å². The highest BCUT2D eigenvalue weighted by Gasteiger charge is 2.10. The summed E-state index contributed by atoms with van der Waals surface area (Å²) in [6.45, 7) is 5.90. The molecule has 1 aromatic carbocycles. The molecule has 4 nitrogen and oxygen atoms in total. The number of nitrogens with zero attached hydrogens (tertiary/aromatic N) is 3. The zero-order valence-corrected chi connectivity index (χ0v) is 10.6. The molecule has 18 heavy (non-hydrogen) atoms. The van der Waals surface area contributed by atoms with Crippen LogP contribution in [-0.4, -0.2) is 21.6 Å². The molecule has 0 saturated heterocycles. The lowest BCUT2D eigenvalue weighted by atomic mass is 10.2. The van der Waals surface area contributed by atoms with Gasteiger partial charge in [0.15, 0.2) is 5.82 Å². The van der Waals surface area contributed by atoms with E-state index in [2.05, 4.69) is 15.0 Å². The van der Waals surface area contributed by atoms with Crippen molar-refractivity contribution in [2.75, 3.05) is 6.54 Å². The largest absolute Gasteiger partial charge is 0.338 e. The molecule has 0 amide bonds. The lowest BCUT2D eigenvalue weighted by Crippen LogP contribution is -2.22. The monoisotopic (exact) mass is 249 g/mol. The van der Waals surface area contributed by atoms with Gasteiger partial charge in [-0.3, -0.25) is 4.90 Å². The Hall–Kier alpha value is -1.75. The van der Waals surface area contributed by atoms with Crippen LogP contribution in [0.3, 0.4) is 0 Å². The van der Waals surface area contributed by atoms with E-state index in [-0.39, 0.29) is 5.82 Å². The smallest absolute Gasteiger partial charge is 0.240 e. The van der Waals surface area contributed by atoms with Gasteiger partial charge >= 0.3 is 0 Å². The van der Waals surface area contributed by atoms with Gasteiger partial charge in [0.1, 0.15) is 5.82 Å². The molecule has 5 heteroatoms. The third-order valence-corrected chi connectivity index (χ3v) is 2.67. The number of halogens is 1. The van der Waals surface area contributed by atoms with Crippen molar-refractivity contribution in [3.8, 4) is 0 Å². The summed E-state index contributed by atoms with van der Waals surface area (Å²) in [5.74, 6) is 1.01. The predicted molar refractivity (Wildman–Crippen MR) is 65.2 cm³/mol. The van der Waals surface area contributed by atoms with E-state index < -0.39 is 0 Å². The molecule has 0 saturated carbocycles. The number of hydrogen-bond donors (Lipinski definition) is 0. The van der Waals surface area contributed by atoms with Gasteiger partial charge in [-0.05, 0) is 31.2 Å². The first-order valence-electron chi connectivity index (χ1n) is 5.93. The summed E-state index contributed by atoms with van der Waals surface area (Å²) in [4.78, 5) is 6.28. The van der Waals surface area contributed by atoms with Crippen molar-refractivity contribution in [1.29, 1.82) is 0 Å². The minimum atomic E-state index is -0.211. The third-order valence-electron chi connectivity index (χ3n) is 2.67. The maximum atomic E-state index is 13.1. The number of benzene rings is 1. The molecule has 2 rings (SSSR count). The summed E-state index contributed by atoms with van der Waals surface area (Å²) < 4.78 is 18.2. The van der Waals surface area contributed by atoms with Gasteiger partial charge in [-0.2, -0.15) is 4.98 Å². The van der Waals surface area contributed by atoms with E-state index in [0.717, 1.165) is 12.1 Å². The molecule has 2 aromatic rings. The first-order chi connectivity index (χ1) is 8.67. The van der Waals surface area contributed by atoms with Crippen molar-refractivity contribution in [3.63, 3.8) is 0 Å². The maximum absolute atomic E-state index is 13.1. The molecular formula is C13H16FN3O. The third kappa shape index (κ3) is 3.37. The molecule has 0 aliphatic heterocycles. The van der Waals surface area contributed by atoms with Crippen molar-refractivity contribution >= 4 is 0 Å². The Kier molecular flexibility index (Phi) is 4.04. The number of aryl methyl sites for hydroxylation is 1. The molecule has 0 N–H and O–H groups in total. The van der Waals surface area contributed by atoms with E-state index in [0.29, 0.717) is 24.8 Å². The summed E-state index contributed by atoms with van der Waals surface area (Å²) in [5.41, 5.74) is 0.938. The topological polar surface area (TPSA) is 42.2 Å². The van der Waals surface area contributed by atoms with Crippen molar-refractivity contribution in [1.82, 2.24) is 15.0 Å². The second-order valence-corrected chi connectivity index (χ2v) is 4.17. The van der Waals surface area contributed by atoms with Crippen LogP contribution in [0.4, 0.5) is 4.39 Å². The summed E-state index contributed by atoms with van der Waals surface area (Å²) in [6, 6.07) is 6.61. The van der Waals surface area contributed by atoms with E-state index in [4.69, 9.17) is 4.52 Å². The molecule has 0 atom stereocenters. The summed E-state index contributed by atoms with van der Waals surface area (Å²) in [6.07, 6.45) is 0. The fraction of sp³-hybridized carbons (Fsp3) is 0.385. The van der Waals surface area contributed by atoms with Gasteiger partial charge in [-0.25, -0.2) is 4.39 Å². The van der Waals surface area contributed by atoms with E-state index in [9.17, 15) is 4.39 Å². The molecule has 0 aliphatic rings. The fourth-order valence-electron chi connectivity index (χ4n) is 1.77. The molecule has 1 heterocycles. The van der Waals surface area contributed by atoms with Crippen LogP contribution in [0.25, 0.3) is 0 Å². The van der Waals surface area contributed by atoms with Crippen LogP contribution in [0.1, 0.15) is 24.2 Å². The Bertz CT molecular complexity index is 512. The second kappa shape index (κ2) is 5.73. The van der Waals surface area contributed by atoms with Crippen LogP contribution in [-0.2, 0) is 13.1 Å². The average Bonchev–Trinajstić information content (AvgIpc) is 2.74. The van der Waals surface area contributed by atoms with E-state index in [1.807, 2.05) is 13.0 Å². The van der Waals surface area contributed by atoms with Gasteiger partial charge in [-0.15, -0.1) is 0 Å². The molecule has 0 unspecified atom stereocenters. The molecule has 0 bridgehead atoms. The maximum Gasteiger partial charge on any atom is 0.240 e. The van der Waals surface area contributed by atoms with Crippen LogP contribution >= 0.6 is 0 Å². The van der Waals surface area contributed by atoms with Gasteiger partial charge in [0.25, 0.3) is 0 Å². The zero-order chi connectivity index (χ0) is 13.0. The first kappa shape index (κ1) is 12.7. The molecular weight excluding hydrogens is 233 g/mol. The van der Waals surface area contributed by atoms with Crippen molar-refractivity contribution in [2.45, 2.75) is 26.9 Å². The normalized spacial score (nSPS) is 11.1. The molecule has 0 aliphatic carbocycles. The summed E-state index contributed by atoms with van der Waals surface area (Å²) in [7, 11) is 0. The molecule has 1 aromatic heterocycles. The van der Waals surface area contributed by atoms with E-state index in [1.54, 1.807) is 19.1 Å². The van der Waals surface area contributed by atoms with Crippen molar-refractivity contribution in [3.05, 3.63) is 47.4 Å². The highest BCUT2D eigenvalue weighted by Crippen LogP contribution is 2.10. The Morgan fingerprint density at radius 1 is 1.33 bits per heavy atom. The Labute approximate surface area is 105 Å². The lowest BCUT2D eigenvalue weighted by Gasteiger charge is -2.18. The molecule has 0 radical (unpaired) electrons. The van der Waals surface area contributed by atoms with Crippen molar-refractivity contribution < 1.29 is 8.91 Å². The second-order valence-electron chi connectivity index (χ2n) is 4.17. The van der Waals surface area contributed by atoms with Crippen LogP contribution in [0.15, 0.2) is 28.8 Å². The highest BCUT2D eigenvalue weighted by atomic mass is 19.1. The van der Waals surface area contributed by atoms with Gasteiger partial charge in [-0.1, -0.05) is 24.2 Å². The summed E-state index contributed by atoms with van der Waals surface area (Å²) in [5, 5.41) is 3.75. The Morgan fingerprint density at radius 3 is 2.78 bits per heavy atom. The Balaban J connectivity index is 2.01. The SMILES string of the molecule is CCN(Cc1cccc(F)c1)Cc1nc(C)no1. The van der Waals surface area contributed by atoms with Gasteiger partial charge < -0.3 is 4.52 Å². The first-order valence-corrected chi connectivity index (χ1v) is 5.93. The van der Waals surface area contributed by atoms with Crippen LogP contribution in [0, 0.1) is 12.7 Å². The van der Waals surface area contributed by atoms with Crippen LogP contribution in [0.2, 0.25) is 0 Å². The zero-order valence-electron chi connectivity index (χ0n) is 10.6. The fourth-order valence-corrected chi connectivity index (χ4v) is 1.77. The number of aromatic nitrogens is 2. The van der Waals surface area contributed by atoms with Gasteiger partial charge in [0.05, 0.1) is 6.54 Å². The van der Waals surface area contributed by atoms with Gasteiger partial charge in [0, 0.05) is 6.54 Å². The molecule has 0 spiro atoms. The predicted octanol–water partition coefficient (Wildman–Crippen LogP) is 2.54. The van der Waals surface area contributed by atoms with Crippen molar-refractivity contribution in [2.24, 2.45) is 0 Å². The number of hydrogen-bond acceptors (Lipinski definition) is 4. The quantitative estimate of drug-likeness (QED) is 0.816. The Morgan fingerprint density at radius 2 is 2.17 bits per heavy atom. The van der Waals surface area contributed by atoms with Crippen LogP contribution < -0.4 is 0 Å². The lowest BCUT2D eigenvalue weighted by molar-refractivity contribution is 0.228. The number of rotatable bonds is 5. The average molecular weight is 249 g/mol. The minimum Gasteiger partial charge on any atom is -0.338 e. The minimum absolute atomic E-state index is 0.211.